The van der Waals surface area contributed by atoms with Crippen LogP contribution >= 0.6 is 11.3 Å². The second-order valence-electron chi connectivity index (χ2n) is 5.03. The van der Waals surface area contributed by atoms with E-state index >= 15 is 0 Å². The van der Waals surface area contributed by atoms with Crippen molar-refractivity contribution in [3.05, 3.63) is 15.8 Å². The summed E-state index contributed by atoms with van der Waals surface area (Å²) >= 11 is 1.29. The van der Waals surface area contributed by atoms with E-state index in [2.05, 4.69) is 20.8 Å². The Labute approximate surface area is 100 Å². The van der Waals surface area contributed by atoms with Gasteiger partial charge >= 0.3 is 5.97 Å². The van der Waals surface area contributed by atoms with Gasteiger partial charge in [-0.05, 0) is 25.3 Å². The Morgan fingerprint density at radius 1 is 1.44 bits per heavy atom. The Morgan fingerprint density at radius 3 is 2.38 bits per heavy atom. The topological polar surface area (TPSA) is 46.5 Å². The van der Waals surface area contributed by atoms with Crippen LogP contribution in [0.5, 0.6) is 5.75 Å². The highest BCUT2D eigenvalue weighted by Gasteiger charge is 2.23. The maximum atomic E-state index is 11.1. The monoisotopic (exact) mass is 242 g/mol. The molecule has 1 aromatic heterocycles. The van der Waals surface area contributed by atoms with Gasteiger partial charge in [0.25, 0.3) is 0 Å². The Bertz CT molecular complexity index is 385. The number of rotatable bonds is 3. The number of hydrogen-bond acceptors (Lipinski definition) is 3. The van der Waals surface area contributed by atoms with Gasteiger partial charge in [-0.15, -0.1) is 11.3 Å². The highest BCUT2D eigenvalue weighted by atomic mass is 32.1. The minimum Gasteiger partial charge on any atom is -0.489 e. The molecule has 1 aromatic rings. The average molecular weight is 242 g/mol. The van der Waals surface area contributed by atoms with E-state index in [9.17, 15) is 4.79 Å². The molecule has 90 valence electrons. The van der Waals surface area contributed by atoms with Crippen LogP contribution in [0.3, 0.4) is 0 Å². The fourth-order valence-electron chi connectivity index (χ4n) is 1.23. The van der Waals surface area contributed by atoms with Crippen LogP contribution in [-0.4, -0.2) is 17.2 Å². The maximum absolute atomic E-state index is 11.1. The third-order valence-electron chi connectivity index (χ3n) is 1.99. The van der Waals surface area contributed by atoms with E-state index in [1.165, 1.54) is 11.3 Å². The predicted octanol–water partition coefficient (Wildman–Crippen LogP) is 3.53. The molecule has 16 heavy (non-hydrogen) atoms. The summed E-state index contributed by atoms with van der Waals surface area (Å²) in [5.74, 6) is -0.437. The second kappa shape index (κ2) is 4.45. The van der Waals surface area contributed by atoms with E-state index < -0.39 is 5.97 Å². The average Bonchev–Trinajstić information content (AvgIpc) is 2.45. The van der Waals surface area contributed by atoms with Crippen LogP contribution in [0.4, 0.5) is 0 Å². The number of thiophene rings is 1. The fraction of sp³-hybridized carbons (Fsp3) is 0.583. The van der Waals surface area contributed by atoms with Crippen molar-refractivity contribution in [2.24, 2.45) is 0 Å². The van der Waals surface area contributed by atoms with Gasteiger partial charge in [-0.1, -0.05) is 20.8 Å². The van der Waals surface area contributed by atoms with E-state index in [1.54, 1.807) is 0 Å². The molecule has 0 aromatic carbocycles. The number of carbonyl (C=O) groups is 1. The molecule has 0 saturated heterocycles. The largest absolute Gasteiger partial charge is 0.489 e. The third-order valence-corrected chi connectivity index (χ3v) is 3.52. The lowest BCUT2D eigenvalue weighted by Gasteiger charge is -2.15. The molecule has 0 aliphatic heterocycles. The molecule has 0 atom stereocenters. The normalized spacial score (nSPS) is 11.9. The number of aromatic carboxylic acids is 1. The van der Waals surface area contributed by atoms with Crippen molar-refractivity contribution in [1.29, 1.82) is 0 Å². The minimum absolute atomic E-state index is 0.0134. The first kappa shape index (κ1) is 13.0. The molecule has 0 aliphatic rings. The summed E-state index contributed by atoms with van der Waals surface area (Å²) < 4.78 is 5.51. The van der Waals surface area contributed by atoms with E-state index in [-0.39, 0.29) is 11.5 Å². The molecule has 0 unspecified atom stereocenters. The van der Waals surface area contributed by atoms with Crippen molar-refractivity contribution < 1.29 is 14.6 Å². The quantitative estimate of drug-likeness (QED) is 0.882. The van der Waals surface area contributed by atoms with Crippen LogP contribution in [-0.2, 0) is 5.41 Å². The van der Waals surface area contributed by atoms with Crippen molar-refractivity contribution in [2.75, 3.05) is 0 Å². The lowest BCUT2D eigenvalue weighted by Crippen LogP contribution is -2.09. The summed E-state index contributed by atoms with van der Waals surface area (Å²) in [7, 11) is 0. The minimum atomic E-state index is -0.920. The van der Waals surface area contributed by atoms with E-state index in [4.69, 9.17) is 9.84 Å². The van der Waals surface area contributed by atoms with Crippen LogP contribution in [0.15, 0.2) is 6.07 Å². The van der Waals surface area contributed by atoms with Gasteiger partial charge in [0.15, 0.2) is 4.88 Å². The zero-order valence-electron chi connectivity index (χ0n) is 10.3. The van der Waals surface area contributed by atoms with Crippen LogP contribution < -0.4 is 4.74 Å². The van der Waals surface area contributed by atoms with Gasteiger partial charge in [0.05, 0.1) is 6.10 Å². The number of carboxylic acids is 1. The highest BCUT2D eigenvalue weighted by molar-refractivity contribution is 7.14. The van der Waals surface area contributed by atoms with Gasteiger partial charge in [-0.2, -0.15) is 0 Å². The highest BCUT2D eigenvalue weighted by Crippen LogP contribution is 2.37. The molecule has 4 heteroatoms. The van der Waals surface area contributed by atoms with Crippen LogP contribution in [0.25, 0.3) is 0 Å². The van der Waals surface area contributed by atoms with Crippen molar-refractivity contribution in [3.8, 4) is 5.75 Å². The smallest absolute Gasteiger partial charge is 0.349 e. The van der Waals surface area contributed by atoms with Crippen LogP contribution in [0.1, 0.15) is 49.2 Å². The Hall–Kier alpha value is -1.03. The van der Waals surface area contributed by atoms with Gasteiger partial charge in [-0.25, -0.2) is 4.79 Å². The van der Waals surface area contributed by atoms with Crippen molar-refractivity contribution in [2.45, 2.75) is 46.1 Å². The van der Waals surface area contributed by atoms with E-state index in [0.717, 1.165) is 4.88 Å². The van der Waals surface area contributed by atoms with Gasteiger partial charge in [0, 0.05) is 4.88 Å². The molecule has 0 aliphatic carbocycles. The first-order valence-corrected chi connectivity index (χ1v) is 6.07. The number of carboxylic acid groups (broad SMARTS) is 1. The molecule has 0 spiro atoms. The zero-order valence-corrected chi connectivity index (χ0v) is 11.1. The SMILES string of the molecule is CC(C)Oc1cc(C(C)(C)C)sc1C(=O)O. The summed E-state index contributed by atoms with van der Waals surface area (Å²) in [6.45, 7) is 9.96. The Kier molecular flexibility index (Phi) is 3.63. The number of hydrogen-bond donors (Lipinski definition) is 1. The second-order valence-corrected chi connectivity index (χ2v) is 6.08. The molecule has 0 amide bonds. The molecule has 1 heterocycles. The lowest BCUT2D eigenvalue weighted by atomic mass is 9.95. The lowest BCUT2D eigenvalue weighted by molar-refractivity contribution is 0.0696. The molecule has 0 fully saturated rings. The summed E-state index contributed by atoms with van der Waals surface area (Å²) in [5, 5.41) is 9.09. The molecule has 0 saturated carbocycles. The summed E-state index contributed by atoms with van der Waals surface area (Å²) in [6, 6.07) is 1.84. The van der Waals surface area contributed by atoms with Crippen molar-refractivity contribution in [1.82, 2.24) is 0 Å². The molecule has 1 rings (SSSR count). The zero-order chi connectivity index (χ0) is 12.5. The fourth-order valence-corrected chi connectivity index (χ4v) is 2.22. The molecule has 3 nitrogen and oxygen atoms in total. The first-order chi connectivity index (χ1) is 7.21. The summed E-state index contributed by atoms with van der Waals surface area (Å²) in [5.41, 5.74) is -0.0482. The number of ether oxygens (including phenoxy) is 1. The van der Waals surface area contributed by atoms with Crippen molar-refractivity contribution >= 4 is 17.3 Å². The molecule has 0 radical (unpaired) electrons. The molecule has 0 bridgehead atoms. The standard InChI is InChI=1S/C12H18O3S/c1-7(2)15-8-6-9(12(3,4)5)16-10(8)11(13)14/h6-7H,1-5H3,(H,13,14). The molecule has 1 N–H and O–H groups in total. The first-order valence-electron chi connectivity index (χ1n) is 5.26. The van der Waals surface area contributed by atoms with E-state index in [1.807, 2.05) is 19.9 Å². The van der Waals surface area contributed by atoms with E-state index in [0.29, 0.717) is 10.6 Å². The maximum Gasteiger partial charge on any atom is 0.349 e. The Morgan fingerprint density at radius 2 is 2.00 bits per heavy atom. The van der Waals surface area contributed by atoms with Gasteiger partial charge in [-0.3, -0.25) is 0 Å². The van der Waals surface area contributed by atoms with Crippen LogP contribution in [0, 0.1) is 0 Å². The molecular formula is C12H18O3S. The predicted molar refractivity (Wildman–Crippen MR) is 65.7 cm³/mol. The third kappa shape index (κ3) is 2.98. The molecular weight excluding hydrogens is 224 g/mol. The van der Waals surface area contributed by atoms with Crippen LogP contribution in [0.2, 0.25) is 0 Å². The summed E-state index contributed by atoms with van der Waals surface area (Å²) in [4.78, 5) is 12.4. The van der Waals surface area contributed by atoms with Gasteiger partial charge in [0.2, 0.25) is 0 Å². The summed E-state index contributed by atoms with van der Waals surface area (Å²) in [6.07, 6.45) is -0.0134. The van der Waals surface area contributed by atoms with Crippen molar-refractivity contribution in [3.63, 3.8) is 0 Å². The van der Waals surface area contributed by atoms with Gasteiger partial charge in [0.1, 0.15) is 5.75 Å². The Balaban J connectivity index is 3.15. The van der Waals surface area contributed by atoms with Gasteiger partial charge < -0.3 is 9.84 Å².